The Morgan fingerprint density at radius 1 is 1.00 bits per heavy atom. The van der Waals surface area contributed by atoms with Crippen LogP contribution < -0.4 is 4.90 Å². The van der Waals surface area contributed by atoms with Crippen molar-refractivity contribution in [2.24, 2.45) is 0 Å². The Kier molecular flexibility index (Phi) is 5.53. The van der Waals surface area contributed by atoms with Gasteiger partial charge in [-0.2, -0.15) is 0 Å². The summed E-state index contributed by atoms with van der Waals surface area (Å²) in [6, 6.07) is 21.0. The van der Waals surface area contributed by atoms with E-state index in [0.29, 0.717) is 12.3 Å². The lowest BCUT2D eigenvalue weighted by molar-refractivity contribution is 0.146. The number of carbonyl (C=O) groups is 1. The average molecular weight is 433 g/mol. The van der Waals surface area contributed by atoms with Crippen LogP contribution in [0.25, 0.3) is 0 Å². The maximum atomic E-state index is 12.7. The van der Waals surface area contributed by atoms with Crippen LogP contribution in [-0.2, 0) is 17.9 Å². The summed E-state index contributed by atoms with van der Waals surface area (Å²) in [5, 5.41) is 0. The molecule has 0 saturated carbocycles. The third-order valence-corrected chi connectivity index (χ3v) is 4.38. The third kappa shape index (κ3) is 4.17. The lowest BCUT2D eigenvalue weighted by Crippen LogP contribution is -2.31. The number of benzene rings is 2. The fourth-order valence-corrected chi connectivity index (χ4v) is 2.95. The van der Waals surface area contributed by atoms with Gasteiger partial charge in [0.25, 0.3) is 0 Å². The van der Waals surface area contributed by atoms with Gasteiger partial charge in [0.1, 0.15) is 12.4 Å². The Morgan fingerprint density at radius 3 is 2.46 bits per heavy atom. The molecule has 3 aromatic rings. The van der Waals surface area contributed by atoms with Crippen LogP contribution >= 0.6 is 22.6 Å². The lowest BCUT2D eigenvalue weighted by Gasteiger charge is -2.22. The van der Waals surface area contributed by atoms with E-state index in [1.807, 2.05) is 60.7 Å². The largest absolute Gasteiger partial charge is 0.467 e. The van der Waals surface area contributed by atoms with Gasteiger partial charge in [-0.1, -0.05) is 42.5 Å². The van der Waals surface area contributed by atoms with Crippen molar-refractivity contribution in [2.45, 2.75) is 13.2 Å². The van der Waals surface area contributed by atoms with Gasteiger partial charge in [-0.25, -0.2) is 4.79 Å². The molecule has 0 radical (unpaired) electrons. The predicted molar refractivity (Wildman–Crippen MR) is 101 cm³/mol. The van der Waals surface area contributed by atoms with E-state index >= 15 is 0 Å². The van der Waals surface area contributed by atoms with E-state index < -0.39 is 6.09 Å². The molecule has 0 unspecified atom stereocenters. The SMILES string of the molecule is O=C(OCc1ccccc1)N(Cc1ccco1)c1ccccc1I. The van der Waals surface area contributed by atoms with Gasteiger partial charge in [0.2, 0.25) is 0 Å². The molecule has 4 nitrogen and oxygen atoms in total. The minimum Gasteiger partial charge on any atom is -0.467 e. The zero-order valence-corrected chi connectivity index (χ0v) is 15.0. The number of rotatable bonds is 5. The summed E-state index contributed by atoms with van der Waals surface area (Å²) in [6.07, 6.45) is 1.19. The molecule has 0 spiro atoms. The highest BCUT2D eigenvalue weighted by Crippen LogP contribution is 2.25. The predicted octanol–water partition coefficient (Wildman–Crippen LogP) is 5.23. The Morgan fingerprint density at radius 2 is 1.75 bits per heavy atom. The van der Waals surface area contributed by atoms with Gasteiger partial charge in [0.05, 0.1) is 18.5 Å². The van der Waals surface area contributed by atoms with Crippen molar-refractivity contribution >= 4 is 34.4 Å². The van der Waals surface area contributed by atoms with Gasteiger partial charge in [-0.3, -0.25) is 4.90 Å². The molecule has 0 atom stereocenters. The molecule has 1 heterocycles. The first-order chi connectivity index (χ1) is 11.7. The van der Waals surface area contributed by atoms with Crippen LogP contribution in [0.4, 0.5) is 10.5 Å². The minimum absolute atomic E-state index is 0.234. The van der Waals surface area contributed by atoms with Gasteiger partial charge in [0, 0.05) is 3.57 Å². The number of amides is 1. The standard InChI is InChI=1S/C19H16INO3/c20-17-10-4-5-11-18(17)21(13-16-9-6-12-23-16)19(22)24-14-15-7-2-1-3-8-15/h1-12H,13-14H2. The molecule has 5 heteroatoms. The van der Waals surface area contributed by atoms with Crippen molar-refractivity contribution in [1.29, 1.82) is 0 Å². The number of hydrogen-bond acceptors (Lipinski definition) is 3. The first kappa shape index (κ1) is 16.6. The van der Waals surface area contributed by atoms with Gasteiger partial charge < -0.3 is 9.15 Å². The Balaban J connectivity index is 1.78. The fraction of sp³-hybridized carbons (Fsp3) is 0.105. The monoisotopic (exact) mass is 433 g/mol. The van der Waals surface area contributed by atoms with Gasteiger partial charge in [-0.15, -0.1) is 0 Å². The first-order valence-electron chi connectivity index (χ1n) is 7.49. The molecule has 0 aliphatic rings. The molecule has 1 aromatic heterocycles. The Bertz CT molecular complexity index is 787. The maximum Gasteiger partial charge on any atom is 0.415 e. The van der Waals surface area contributed by atoms with Crippen LogP contribution in [0.1, 0.15) is 11.3 Å². The molecule has 0 saturated heterocycles. The average Bonchev–Trinajstić information content (AvgIpc) is 3.12. The minimum atomic E-state index is -0.403. The highest BCUT2D eigenvalue weighted by atomic mass is 127. The Hall–Kier alpha value is -2.28. The summed E-state index contributed by atoms with van der Waals surface area (Å²) in [5.74, 6) is 0.700. The van der Waals surface area contributed by atoms with E-state index in [0.717, 1.165) is 14.8 Å². The second-order valence-corrected chi connectivity index (χ2v) is 6.32. The summed E-state index contributed by atoms with van der Waals surface area (Å²) in [6.45, 7) is 0.554. The number of furan rings is 1. The third-order valence-electron chi connectivity index (χ3n) is 3.46. The lowest BCUT2D eigenvalue weighted by atomic mass is 10.2. The molecule has 0 N–H and O–H groups in total. The fourth-order valence-electron chi connectivity index (χ4n) is 2.27. The van der Waals surface area contributed by atoms with Crippen LogP contribution in [0.3, 0.4) is 0 Å². The van der Waals surface area contributed by atoms with E-state index in [9.17, 15) is 4.79 Å². The summed E-state index contributed by atoms with van der Waals surface area (Å²) in [5.41, 5.74) is 1.75. The van der Waals surface area contributed by atoms with Crippen molar-refractivity contribution in [3.63, 3.8) is 0 Å². The molecule has 0 aliphatic carbocycles. The van der Waals surface area contributed by atoms with Crippen LogP contribution in [0, 0.1) is 3.57 Å². The summed E-state index contributed by atoms with van der Waals surface area (Å²) < 4.78 is 11.8. The van der Waals surface area contributed by atoms with Gasteiger partial charge in [-0.05, 0) is 52.4 Å². The van der Waals surface area contributed by atoms with Crippen molar-refractivity contribution in [1.82, 2.24) is 0 Å². The molecule has 0 fully saturated rings. The van der Waals surface area contributed by atoms with Crippen LogP contribution in [0.5, 0.6) is 0 Å². The zero-order chi connectivity index (χ0) is 16.8. The zero-order valence-electron chi connectivity index (χ0n) is 12.9. The summed E-state index contributed by atoms with van der Waals surface area (Å²) >= 11 is 2.21. The molecule has 24 heavy (non-hydrogen) atoms. The molecule has 2 aromatic carbocycles. The van der Waals surface area contributed by atoms with Crippen molar-refractivity contribution in [3.05, 3.63) is 87.9 Å². The first-order valence-corrected chi connectivity index (χ1v) is 8.57. The number of nitrogens with zero attached hydrogens (tertiary/aromatic N) is 1. The summed E-state index contributed by atoms with van der Waals surface area (Å²) in [4.78, 5) is 14.2. The second kappa shape index (κ2) is 8.01. The number of ether oxygens (including phenoxy) is 1. The number of anilines is 1. The van der Waals surface area contributed by atoms with Crippen LogP contribution in [0.2, 0.25) is 0 Å². The molecule has 122 valence electrons. The molecule has 0 aliphatic heterocycles. The normalized spacial score (nSPS) is 10.4. The van der Waals surface area contributed by atoms with E-state index in [-0.39, 0.29) is 6.61 Å². The number of hydrogen-bond donors (Lipinski definition) is 0. The van der Waals surface area contributed by atoms with Crippen LogP contribution in [-0.4, -0.2) is 6.09 Å². The number of halogens is 1. The van der Waals surface area contributed by atoms with Crippen molar-refractivity contribution in [3.8, 4) is 0 Å². The van der Waals surface area contributed by atoms with Crippen molar-refractivity contribution < 1.29 is 13.9 Å². The van der Waals surface area contributed by atoms with Crippen LogP contribution in [0.15, 0.2) is 77.4 Å². The van der Waals surface area contributed by atoms with Gasteiger partial charge in [0.15, 0.2) is 0 Å². The molecule has 3 rings (SSSR count). The molecular weight excluding hydrogens is 417 g/mol. The highest BCUT2D eigenvalue weighted by molar-refractivity contribution is 14.1. The quantitative estimate of drug-likeness (QED) is 0.518. The van der Waals surface area contributed by atoms with Gasteiger partial charge >= 0.3 is 6.09 Å². The summed E-state index contributed by atoms with van der Waals surface area (Å²) in [7, 11) is 0. The van der Waals surface area contributed by atoms with E-state index in [1.165, 1.54) is 0 Å². The maximum absolute atomic E-state index is 12.7. The molecule has 0 bridgehead atoms. The van der Waals surface area contributed by atoms with E-state index in [4.69, 9.17) is 9.15 Å². The van der Waals surface area contributed by atoms with E-state index in [2.05, 4.69) is 22.6 Å². The second-order valence-electron chi connectivity index (χ2n) is 5.16. The molecular formula is C19H16INO3. The number of para-hydroxylation sites is 1. The van der Waals surface area contributed by atoms with E-state index in [1.54, 1.807) is 17.2 Å². The Labute approximate surface area is 154 Å². The highest BCUT2D eigenvalue weighted by Gasteiger charge is 2.21. The molecule has 1 amide bonds. The van der Waals surface area contributed by atoms with Crippen molar-refractivity contribution in [2.75, 3.05) is 4.90 Å². The smallest absolute Gasteiger partial charge is 0.415 e. The topological polar surface area (TPSA) is 42.7 Å². The number of carbonyl (C=O) groups excluding carboxylic acids is 1.